The van der Waals surface area contributed by atoms with Gasteiger partial charge in [-0.1, -0.05) is 15.9 Å². The van der Waals surface area contributed by atoms with Crippen LogP contribution in [0.25, 0.3) is 0 Å². The van der Waals surface area contributed by atoms with E-state index in [1.165, 1.54) is 6.07 Å². The van der Waals surface area contributed by atoms with Gasteiger partial charge in [0.1, 0.15) is 11.6 Å². The lowest BCUT2D eigenvalue weighted by molar-refractivity contribution is 0.0937. The van der Waals surface area contributed by atoms with Crippen LogP contribution in [0.5, 0.6) is 5.75 Å². The summed E-state index contributed by atoms with van der Waals surface area (Å²) < 4.78 is 12.7. The lowest BCUT2D eigenvalue weighted by atomic mass is 10.1. The molecule has 1 aromatic rings. The number of alkyl halides is 1. The van der Waals surface area contributed by atoms with Crippen LogP contribution in [0.4, 0.5) is 4.39 Å². The number of halogens is 2. The van der Waals surface area contributed by atoms with Gasteiger partial charge < -0.3 is 10.4 Å². The molecule has 1 unspecified atom stereocenters. The largest absolute Gasteiger partial charge is 0.507 e. The number of phenols is 1. The number of benzene rings is 1. The second kappa shape index (κ2) is 5.84. The number of rotatable bonds is 4. The summed E-state index contributed by atoms with van der Waals surface area (Å²) in [4.78, 5) is 11.7. The molecule has 3 nitrogen and oxygen atoms in total. The molecule has 1 atom stereocenters. The molecule has 0 saturated carbocycles. The third-order valence-electron chi connectivity index (χ3n) is 2.12. The predicted molar refractivity (Wildman–Crippen MR) is 63.4 cm³/mol. The van der Waals surface area contributed by atoms with Crippen LogP contribution in [0.15, 0.2) is 18.2 Å². The molecule has 0 aliphatic carbocycles. The van der Waals surface area contributed by atoms with Crippen molar-refractivity contribution in [2.45, 2.75) is 19.4 Å². The van der Waals surface area contributed by atoms with Crippen molar-refractivity contribution in [1.29, 1.82) is 0 Å². The molecule has 5 heteroatoms. The third-order valence-corrected chi connectivity index (χ3v) is 2.58. The first-order valence-electron chi connectivity index (χ1n) is 4.90. The van der Waals surface area contributed by atoms with E-state index in [-0.39, 0.29) is 17.4 Å². The van der Waals surface area contributed by atoms with E-state index in [1.54, 1.807) is 0 Å². The summed E-state index contributed by atoms with van der Waals surface area (Å²) in [6, 6.07) is 3.32. The van der Waals surface area contributed by atoms with Crippen LogP contribution >= 0.6 is 15.9 Å². The summed E-state index contributed by atoms with van der Waals surface area (Å²) in [5.41, 5.74) is 0.0859. The Labute approximate surface area is 102 Å². The van der Waals surface area contributed by atoms with Gasteiger partial charge in [-0.2, -0.15) is 0 Å². The molecule has 0 saturated heterocycles. The molecule has 88 valence electrons. The number of phenolic OH excluding ortho intramolecular Hbond substituents is 1. The monoisotopic (exact) mass is 289 g/mol. The average Bonchev–Trinajstić information content (AvgIpc) is 2.17. The van der Waals surface area contributed by atoms with Crippen molar-refractivity contribution in [1.82, 2.24) is 5.32 Å². The quantitative estimate of drug-likeness (QED) is 0.837. The van der Waals surface area contributed by atoms with Crippen molar-refractivity contribution < 1.29 is 14.3 Å². The van der Waals surface area contributed by atoms with E-state index in [1.807, 2.05) is 6.92 Å². The number of nitrogens with one attached hydrogen (secondary N) is 1. The van der Waals surface area contributed by atoms with Crippen LogP contribution in [0.3, 0.4) is 0 Å². The zero-order valence-electron chi connectivity index (χ0n) is 8.84. The van der Waals surface area contributed by atoms with E-state index in [0.717, 1.165) is 23.9 Å². The van der Waals surface area contributed by atoms with Crippen LogP contribution in [-0.2, 0) is 0 Å². The summed E-state index contributed by atoms with van der Waals surface area (Å²) in [7, 11) is 0. The van der Waals surface area contributed by atoms with E-state index in [4.69, 9.17) is 0 Å². The average molecular weight is 290 g/mol. The maximum absolute atomic E-state index is 12.7. The summed E-state index contributed by atoms with van der Waals surface area (Å²) >= 11 is 3.27. The summed E-state index contributed by atoms with van der Waals surface area (Å²) in [5.74, 6) is -1.31. The van der Waals surface area contributed by atoms with Gasteiger partial charge in [-0.05, 0) is 25.5 Å². The van der Waals surface area contributed by atoms with Crippen LogP contribution < -0.4 is 5.32 Å². The first-order chi connectivity index (χ1) is 7.54. The highest BCUT2D eigenvalue weighted by molar-refractivity contribution is 9.09. The van der Waals surface area contributed by atoms with Gasteiger partial charge in [-0.15, -0.1) is 0 Å². The Morgan fingerprint density at radius 3 is 2.88 bits per heavy atom. The van der Waals surface area contributed by atoms with Crippen molar-refractivity contribution in [3.8, 4) is 5.75 Å². The Bertz CT molecular complexity index is 384. The fourth-order valence-electron chi connectivity index (χ4n) is 1.23. The summed E-state index contributed by atoms with van der Waals surface area (Å²) in [6.07, 6.45) is 0.785. The Balaban J connectivity index is 2.73. The van der Waals surface area contributed by atoms with Gasteiger partial charge in [0.15, 0.2) is 0 Å². The highest BCUT2D eigenvalue weighted by Gasteiger charge is 2.13. The fraction of sp³-hybridized carbons (Fsp3) is 0.364. The van der Waals surface area contributed by atoms with E-state index >= 15 is 0 Å². The second-order valence-corrected chi connectivity index (χ2v) is 4.31. The summed E-state index contributed by atoms with van der Waals surface area (Å²) in [5, 5.41) is 12.9. The third kappa shape index (κ3) is 3.48. The minimum absolute atomic E-state index is 0.00340. The second-order valence-electron chi connectivity index (χ2n) is 3.51. The number of hydrogen-bond acceptors (Lipinski definition) is 2. The van der Waals surface area contributed by atoms with Crippen molar-refractivity contribution in [2.24, 2.45) is 0 Å². The molecule has 0 aromatic heterocycles. The zero-order valence-corrected chi connectivity index (χ0v) is 10.4. The molecule has 16 heavy (non-hydrogen) atoms. The van der Waals surface area contributed by atoms with Crippen LogP contribution in [0.2, 0.25) is 0 Å². The normalized spacial score (nSPS) is 12.2. The molecule has 0 aliphatic heterocycles. The van der Waals surface area contributed by atoms with Gasteiger partial charge in [0, 0.05) is 17.4 Å². The molecule has 1 aromatic carbocycles. The predicted octanol–water partition coefficient (Wildman–Crippen LogP) is 2.43. The highest BCUT2D eigenvalue weighted by atomic mass is 79.9. The highest BCUT2D eigenvalue weighted by Crippen LogP contribution is 2.18. The van der Waals surface area contributed by atoms with E-state index in [0.29, 0.717) is 0 Å². The maximum Gasteiger partial charge on any atom is 0.255 e. The molecular formula is C11H13BrFNO2. The summed E-state index contributed by atoms with van der Waals surface area (Å²) in [6.45, 7) is 1.86. The van der Waals surface area contributed by atoms with Gasteiger partial charge >= 0.3 is 0 Å². The SMILES string of the molecule is CC(CCBr)NC(=O)c1ccc(F)cc1O. The molecule has 0 spiro atoms. The number of carbonyl (C=O) groups is 1. The van der Waals surface area contributed by atoms with E-state index in [2.05, 4.69) is 21.2 Å². The Hall–Kier alpha value is -1.10. The minimum Gasteiger partial charge on any atom is -0.507 e. The van der Waals surface area contributed by atoms with Crippen LogP contribution in [-0.4, -0.2) is 22.4 Å². The molecule has 1 amide bonds. The Kier molecular flexibility index (Phi) is 4.73. The lowest BCUT2D eigenvalue weighted by Crippen LogP contribution is -2.32. The maximum atomic E-state index is 12.7. The first-order valence-corrected chi connectivity index (χ1v) is 6.02. The van der Waals surface area contributed by atoms with Crippen molar-refractivity contribution in [3.05, 3.63) is 29.6 Å². The van der Waals surface area contributed by atoms with Gasteiger partial charge in [0.2, 0.25) is 0 Å². The first kappa shape index (κ1) is 13.0. The number of hydrogen-bond donors (Lipinski definition) is 2. The van der Waals surface area contributed by atoms with Gasteiger partial charge in [-0.25, -0.2) is 4.39 Å². The standard InChI is InChI=1S/C11H13BrFNO2/c1-7(4-5-12)14-11(16)9-3-2-8(13)6-10(9)15/h2-3,6-7,15H,4-5H2,1H3,(H,14,16). The fourth-order valence-corrected chi connectivity index (χ4v) is 1.92. The van der Waals surface area contributed by atoms with Crippen molar-refractivity contribution in [3.63, 3.8) is 0 Å². The van der Waals surface area contributed by atoms with Crippen LogP contribution in [0.1, 0.15) is 23.7 Å². The Morgan fingerprint density at radius 1 is 1.62 bits per heavy atom. The van der Waals surface area contributed by atoms with Gasteiger partial charge in [0.25, 0.3) is 5.91 Å². The number of amides is 1. The molecule has 1 rings (SSSR count). The van der Waals surface area contributed by atoms with E-state index < -0.39 is 11.7 Å². The number of carbonyl (C=O) groups excluding carboxylic acids is 1. The Morgan fingerprint density at radius 2 is 2.31 bits per heavy atom. The van der Waals surface area contributed by atoms with Gasteiger partial charge in [-0.3, -0.25) is 4.79 Å². The molecular weight excluding hydrogens is 277 g/mol. The van der Waals surface area contributed by atoms with Crippen molar-refractivity contribution >= 4 is 21.8 Å². The zero-order chi connectivity index (χ0) is 12.1. The molecule has 0 bridgehead atoms. The van der Waals surface area contributed by atoms with E-state index in [9.17, 15) is 14.3 Å². The van der Waals surface area contributed by atoms with Gasteiger partial charge in [0.05, 0.1) is 5.56 Å². The minimum atomic E-state index is -0.567. The smallest absolute Gasteiger partial charge is 0.255 e. The lowest BCUT2D eigenvalue weighted by Gasteiger charge is -2.12. The van der Waals surface area contributed by atoms with Crippen LogP contribution in [0, 0.1) is 5.82 Å². The molecule has 0 aliphatic rings. The molecule has 2 N–H and O–H groups in total. The molecule has 0 fully saturated rings. The van der Waals surface area contributed by atoms with Crippen molar-refractivity contribution in [2.75, 3.05) is 5.33 Å². The topological polar surface area (TPSA) is 49.3 Å². The molecule has 0 radical (unpaired) electrons. The number of aromatic hydroxyl groups is 1. The molecule has 0 heterocycles.